The zero-order valence-corrected chi connectivity index (χ0v) is 14.1. The summed E-state index contributed by atoms with van der Waals surface area (Å²) >= 11 is 0. The fourth-order valence-corrected chi connectivity index (χ4v) is 2.44. The van der Waals surface area contributed by atoms with E-state index in [1.165, 1.54) is 0 Å². The summed E-state index contributed by atoms with van der Waals surface area (Å²) in [6.07, 6.45) is 3.17. The Labute approximate surface area is 145 Å². The number of amidine groups is 1. The van der Waals surface area contributed by atoms with Gasteiger partial charge in [0, 0.05) is 17.8 Å². The van der Waals surface area contributed by atoms with Crippen LogP contribution in [0.25, 0.3) is 0 Å². The Bertz CT molecular complexity index is 836. The van der Waals surface area contributed by atoms with Crippen molar-refractivity contribution in [2.24, 2.45) is 4.99 Å². The van der Waals surface area contributed by atoms with E-state index in [-0.39, 0.29) is 0 Å². The molecular weight excluding hydrogens is 318 g/mol. The Morgan fingerprint density at radius 1 is 1.20 bits per heavy atom. The molecule has 1 aromatic carbocycles. The van der Waals surface area contributed by atoms with Crippen molar-refractivity contribution >= 4 is 5.84 Å². The summed E-state index contributed by atoms with van der Waals surface area (Å²) in [7, 11) is 0. The zero-order valence-electron chi connectivity index (χ0n) is 14.1. The van der Waals surface area contributed by atoms with E-state index < -0.39 is 0 Å². The lowest BCUT2D eigenvalue weighted by atomic mass is 10.1. The highest BCUT2D eigenvalue weighted by atomic mass is 16.5. The zero-order chi connectivity index (χ0) is 17.6. The quantitative estimate of drug-likeness (QED) is 0.418. The number of furan rings is 1. The Morgan fingerprint density at radius 2 is 2.00 bits per heavy atom. The summed E-state index contributed by atoms with van der Waals surface area (Å²) in [4.78, 5) is 8.54. The molecule has 0 atom stereocenters. The minimum absolute atomic E-state index is 0.307. The van der Waals surface area contributed by atoms with E-state index in [9.17, 15) is 5.21 Å². The number of hydroxylamine groups is 1. The van der Waals surface area contributed by atoms with Crippen molar-refractivity contribution in [3.8, 4) is 11.6 Å². The first-order valence-electron chi connectivity index (χ1n) is 7.83. The van der Waals surface area contributed by atoms with Crippen LogP contribution in [-0.4, -0.2) is 16.0 Å². The van der Waals surface area contributed by atoms with Crippen LogP contribution in [0.2, 0.25) is 0 Å². The fraction of sp³-hybridized carbons (Fsp3) is 0.158. The second-order valence-corrected chi connectivity index (χ2v) is 5.67. The molecule has 0 saturated carbocycles. The molecule has 0 amide bonds. The van der Waals surface area contributed by atoms with Crippen LogP contribution in [-0.2, 0) is 6.54 Å². The second-order valence-electron chi connectivity index (χ2n) is 5.67. The number of benzene rings is 1. The Hall–Kier alpha value is -3.12. The number of hydrogen-bond donors (Lipinski definition) is 2. The van der Waals surface area contributed by atoms with E-state index >= 15 is 0 Å². The minimum atomic E-state index is 0.307. The summed E-state index contributed by atoms with van der Waals surface area (Å²) in [5.41, 5.74) is 4.99. The van der Waals surface area contributed by atoms with Gasteiger partial charge in [-0.05, 0) is 55.3 Å². The molecule has 0 bridgehead atoms. The summed E-state index contributed by atoms with van der Waals surface area (Å²) < 4.78 is 11.0. The first-order chi connectivity index (χ1) is 12.1. The molecule has 0 saturated heterocycles. The van der Waals surface area contributed by atoms with Crippen molar-refractivity contribution in [1.82, 2.24) is 10.5 Å². The van der Waals surface area contributed by atoms with Gasteiger partial charge in [0.25, 0.3) is 0 Å². The van der Waals surface area contributed by atoms with Crippen molar-refractivity contribution in [1.29, 1.82) is 0 Å². The molecule has 25 heavy (non-hydrogen) atoms. The predicted molar refractivity (Wildman–Crippen MR) is 94.1 cm³/mol. The summed E-state index contributed by atoms with van der Waals surface area (Å²) in [5, 5.41) is 9.30. The van der Waals surface area contributed by atoms with Crippen LogP contribution < -0.4 is 10.2 Å². The van der Waals surface area contributed by atoms with E-state index in [2.05, 4.69) is 21.5 Å². The molecule has 0 aliphatic carbocycles. The number of hydrogen-bond acceptors (Lipinski definition) is 5. The van der Waals surface area contributed by atoms with E-state index in [1.807, 2.05) is 32.0 Å². The third-order valence-corrected chi connectivity index (χ3v) is 3.51. The van der Waals surface area contributed by atoms with Gasteiger partial charge < -0.3 is 9.15 Å². The van der Waals surface area contributed by atoms with Gasteiger partial charge in [-0.3, -0.25) is 15.7 Å². The SMILES string of the molecule is Cc1cc(C)cc(Oc2ccc(C(=NCc3ccco3)NO)cn2)c1. The van der Waals surface area contributed by atoms with Crippen LogP contribution in [0.15, 0.2) is 64.3 Å². The van der Waals surface area contributed by atoms with Gasteiger partial charge in [-0.15, -0.1) is 0 Å². The fourth-order valence-electron chi connectivity index (χ4n) is 2.44. The van der Waals surface area contributed by atoms with Crippen LogP contribution in [0.1, 0.15) is 22.5 Å². The molecule has 6 nitrogen and oxygen atoms in total. The average molecular weight is 337 g/mol. The number of nitrogens with zero attached hydrogens (tertiary/aromatic N) is 2. The van der Waals surface area contributed by atoms with E-state index in [0.29, 0.717) is 29.6 Å². The van der Waals surface area contributed by atoms with Crippen molar-refractivity contribution in [2.75, 3.05) is 0 Å². The van der Waals surface area contributed by atoms with Gasteiger partial charge in [0.1, 0.15) is 11.5 Å². The molecular formula is C19H19N3O3. The number of ether oxygens (including phenoxy) is 1. The lowest BCUT2D eigenvalue weighted by Gasteiger charge is -2.08. The standard InChI is InChI=1S/C19H19N3O3/c1-13-8-14(2)10-17(9-13)25-18-6-5-15(11-20-18)19(22-23)21-12-16-4-3-7-24-16/h3-11,23H,12H2,1-2H3,(H,21,22). The van der Waals surface area contributed by atoms with Crippen molar-refractivity contribution in [2.45, 2.75) is 20.4 Å². The number of aryl methyl sites for hydroxylation is 2. The van der Waals surface area contributed by atoms with Crippen LogP contribution in [0, 0.1) is 13.8 Å². The molecule has 0 radical (unpaired) electrons. The predicted octanol–water partition coefficient (Wildman–Crippen LogP) is 4.01. The maximum absolute atomic E-state index is 9.30. The number of rotatable bonds is 5. The Kier molecular flexibility index (Phi) is 5.11. The highest BCUT2D eigenvalue weighted by molar-refractivity contribution is 5.97. The Balaban J connectivity index is 1.73. The lowest BCUT2D eigenvalue weighted by molar-refractivity contribution is 0.234. The van der Waals surface area contributed by atoms with Gasteiger partial charge in [0.2, 0.25) is 5.88 Å². The highest BCUT2D eigenvalue weighted by Crippen LogP contribution is 2.22. The normalized spacial score (nSPS) is 11.4. The molecule has 6 heteroatoms. The summed E-state index contributed by atoms with van der Waals surface area (Å²) in [6.45, 7) is 4.35. The molecule has 0 aliphatic heterocycles. The second kappa shape index (κ2) is 7.63. The summed E-state index contributed by atoms with van der Waals surface area (Å²) in [5.74, 6) is 2.22. The summed E-state index contributed by atoms with van der Waals surface area (Å²) in [6, 6.07) is 13.1. The third-order valence-electron chi connectivity index (χ3n) is 3.51. The first kappa shape index (κ1) is 16.7. The number of aliphatic imine (C=N–C) groups is 1. The molecule has 3 rings (SSSR count). The van der Waals surface area contributed by atoms with Gasteiger partial charge in [0.15, 0.2) is 5.84 Å². The topological polar surface area (TPSA) is 79.9 Å². The molecule has 0 aliphatic rings. The minimum Gasteiger partial charge on any atom is -0.467 e. The molecule has 0 fully saturated rings. The monoisotopic (exact) mass is 337 g/mol. The van der Waals surface area contributed by atoms with Crippen LogP contribution in [0.3, 0.4) is 0 Å². The number of pyridine rings is 1. The molecule has 0 unspecified atom stereocenters. The van der Waals surface area contributed by atoms with Gasteiger partial charge in [-0.1, -0.05) is 6.07 Å². The molecule has 3 aromatic rings. The maximum atomic E-state index is 9.30. The van der Waals surface area contributed by atoms with Crippen LogP contribution in [0.4, 0.5) is 0 Å². The third kappa shape index (κ3) is 4.45. The van der Waals surface area contributed by atoms with Crippen molar-refractivity contribution in [3.05, 3.63) is 77.4 Å². The van der Waals surface area contributed by atoms with Gasteiger partial charge in [-0.25, -0.2) is 4.98 Å². The van der Waals surface area contributed by atoms with E-state index in [4.69, 9.17) is 9.15 Å². The smallest absolute Gasteiger partial charge is 0.219 e. The molecule has 2 heterocycles. The van der Waals surface area contributed by atoms with Crippen LogP contribution >= 0.6 is 0 Å². The van der Waals surface area contributed by atoms with Crippen molar-refractivity contribution < 1.29 is 14.4 Å². The van der Waals surface area contributed by atoms with Crippen molar-refractivity contribution in [3.63, 3.8) is 0 Å². The highest BCUT2D eigenvalue weighted by Gasteiger charge is 2.06. The molecule has 0 spiro atoms. The first-order valence-corrected chi connectivity index (χ1v) is 7.83. The molecule has 128 valence electrons. The average Bonchev–Trinajstić information content (AvgIpc) is 3.09. The van der Waals surface area contributed by atoms with E-state index in [1.54, 1.807) is 30.7 Å². The largest absolute Gasteiger partial charge is 0.467 e. The molecule has 2 N–H and O–H groups in total. The maximum Gasteiger partial charge on any atom is 0.219 e. The van der Waals surface area contributed by atoms with E-state index in [0.717, 1.165) is 16.9 Å². The lowest BCUT2D eigenvalue weighted by Crippen LogP contribution is -2.20. The molecule has 2 aromatic heterocycles. The Morgan fingerprint density at radius 3 is 2.60 bits per heavy atom. The van der Waals surface area contributed by atoms with Gasteiger partial charge in [0.05, 0.1) is 12.8 Å². The number of aromatic nitrogens is 1. The van der Waals surface area contributed by atoms with Gasteiger partial charge in [-0.2, -0.15) is 0 Å². The van der Waals surface area contributed by atoms with Crippen LogP contribution in [0.5, 0.6) is 11.6 Å². The number of nitrogens with one attached hydrogen (secondary N) is 1. The van der Waals surface area contributed by atoms with Gasteiger partial charge >= 0.3 is 0 Å².